The minimum atomic E-state index is -1.08. The minimum Gasteiger partial charge on any atom is -0.393 e. The van der Waals surface area contributed by atoms with Crippen molar-refractivity contribution in [1.82, 2.24) is 0 Å². The number of hydrogen-bond donors (Lipinski definition) is 3. The first-order valence-electron chi connectivity index (χ1n) is 5.14. The first kappa shape index (κ1) is 13.9. The monoisotopic (exact) mass is 204 g/mol. The van der Waals surface area contributed by atoms with E-state index >= 15 is 0 Å². The first-order valence-corrected chi connectivity index (χ1v) is 5.14. The van der Waals surface area contributed by atoms with Gasteiger partial charge in [0.15, 0.2) is 0 Å². The van der Waals surface area contributed by atoms with Gasteiger partial charge in [-0.2, -0.15) is 0 Å². The summed E-state index contributed by atoms with van der Waals surface area (Å²) in [7, 11) is 0. The van der Waals surface area contributed by atoms with Crippen molar-refractivity contribution in [1.29, 1.82) is 0 Å². The van der Waals surface area contributed by atoms with Crippen molar-refractivity contribution in [2.75, 3.05) is 0 Å². The van der Waals surface area contributed by atoms with Gasteiger partial charge >= 0.3 is 0 Å². The molecule has 2 unspecified atom stereocenters. The standard InChI is InChI=1S/C11H24O3/c1-7(8(2)12)11(6,14)9(3)10(4,5)13/h7-9,12-14H,1-6H3/t7?,8-,9?,11-/m0/s1. The number of rotatable bonds is 4. The highest BCUT2D eigenvalue weighted by atomic mass is 16.3. The molecule has 0 saturated carbocycles. The van der Waals surface area contributed by atoms with Gasteiger partial charge in [-0.25, -0.2) is 0 Å². The van der Waals surface area contributed by atoms with E-state index in [1.165, 1.54) is 0 Å². The third-order valence-electron chi connectivity index (χ3n) is 3.58. The summed E-state index contributed by atoms with van der Waals surface area (Å²) in [4.78, 5) is 0. The Morgan fingerprint density at radius 3 is 1.50 bits per heavy atom. The predicted octanol–water partition coefficient (Wildman–Crippen LogP) is 1.16. The quantitative estimate of drug-likeness (QED) is 0.644. The molecule has 0 aromatic heterocycles. The summed E-state index contributed by atoms with van der Waals surface area (Å²) in [5.41, 5.74) is -2.03. The molecule has 3 N–H and O–H groups in total. The van der Waals surface area contributed by atoms with Crippen LogP contribution in [-0.2, 0) is 0 Å². The van der Waals surface area contributed by atoms with E-state index in [0.717, 1.165) is 0 Å². The average molecular weight is 204 g/mol. The molecular weight excluding hydrogens is 180 g/mol. The van der Waals surface area contributed by atoms with Crippen molar-refractivity contribution < 1.29 is 15.3 Å². The van der Waals surface area contributed by atoms with Crippen molar-refractivity contribution in [2.24, 2.45) is 11.8 Å². The molecule has 0 rings (SSSR count). The zero-order valence-corrected chi connectivity index (χ0v) is 10.1. The van der Waals surface area contributed by atoms with E-state index in [1.54, 1.807) is 41.5 Å². The summed E-state index contributed by atoms with van der Waals surface area (Å²) in [5, 5.41) is 29.5. The van der Waals surface area contributed by atoms with Crippen LogP contribution in [0.1, 0.15) is 41.5 Å². The Morgan fingerprint density at radius 2 is 1.29 bits per heavy atom. The highest BCUT2D eigenvalue weighted by Crippen LogP contribution is 2.34. The van der Waals surface area contributed by atoms with Gasteiger partial charge in [0.05, 0.1) is 17.3 Å². The van der Waals surface area contributed by atoms with Crippen molar-refractivity contribution >= 4 is 0 Å². The second-order valence-electron chi connectivity index (χ2n) is 5.13. The van der Waals surface area contributed by atoms with Gasteiger partial charge in [-0.15, -0.1) is 0 Å². The molecule has 0 aliphatic rings. The van der Waals surface area contributed by atoms with Crippen LogP contribution < -0.4 is 0 Å². The largest absolute Gasteiger partial charge is 0.393 e. The zero-order valence-electron chi connectivity index (χ0n) is 10.1. The summed E-state index contributed by atoms with van der Waals surface area (Å²) in [5.74, 6) is -0.580. The summed E-state index contributed by atoms with van der Waals surface area (Å²) in [6, 6.07) is 0. The van der Waals surface area contributed by atoms with Crippen LogP contribution in [0, 0.1) is 11.8 Å². The lowest BCUT2D eigenvalue weighted by atomic mass is 9.71. The zero-order chi connectivity index (χ0) is 11.7. The smallest absolute Gasteiger partial charge is 0.0722 e. The van der Waals surface area contributed by atoms with E-state index in [0.29, 0.717) is 0 Å². The van der Waals surface area contributed by atoms with Crippen molar-refractivity contribution in [3.63, 3.8) is 0 Å². The first-order chi connectivity index (χ1) is 6.01. The third kappa shape index (κ3) is 2.94. The van der Waals surface area contributed by atoms with Crippen LogP contribution in [0.2, 0.25) is 0 Å². The Bertz CT molecular complexity index is 179. The number of hydrogen-bond acceptors (Lipinski definition) is 3. The van der Waals surface area contributed by atoms with Gasteiger partial charge in [-0.1, -0.05) is 13.8 Å². The van der Waals surface area contributed by atoms with Gasteiger partial charge in [0, 0.05) is 11.8 Å². The molecule has 0 aliphatic heterocycles. The van der Waals surface area contributed by atoms with E-state index < -0.39 is 17.3 Å². The van der Waals surface area contributed by atoms with Gasteiger partial charge in [0.1, 0.15) is 0 Å². The van der Waals surface area contributed by atoms with Gasteiger partial charge in [0.25, 0.3) is 0 Å². The second-order valence-corrected chi connectivity index (χ2v) is 5.13. The molecule has 4 atom stereocenters. The van der Waals surface area contributed by atoms with Gasteiger partial charge < -0.3 is 15.3 Å². The summed E-state index contributed by atoms with van der Waals surface area (Å²) in [6.45, 7) is 10.2. The molecule has 0 heterocycles. The van der Waals surface area contributed by atoms with E-state index in [2.05, 4.69) is 0 Å². The molecule has 3 nitrogen and oxygen atoms in total. The van der Waals surface area contributed by atoms with Crippen LogP contribution in [0.5, 0.6) is 0 Å². The Labute approximate surface area is 86.8 Å². The Hall–Kier alpha value is -0.120. The molecule has 0 aromatic rings. The number of aliphatic hydroxyl groups excluding tert-OH is 1. The molecule has 0 spiro atoms. The van der Waals surface area contributed by atoms with Crippen molar-refractivity contribution in [3.8, 4) is 0 Å². The summed E-state index contributed by atoms with van der Waals surface area (Å²) < 4.78 is 0. The molecule has 86 valence electrons. The average Bonchev–Trinajstić information content (AvgIpc) is 1.99. The molecular formula is C11H24O3. The van der Waals surface area contributed by atoms with Gasteiger partial charge in [-0.05, 0) is 27.7 Å². The molecule has 14 heavy (non-hydrogen) atoms. The predicted molar refractivity (Wildman–Crippen MR) is 56.9 cm³/mol. The summed E-state index contributed by atoms with van der Waals surface area (Å²) in [6.07, 6.45) is -0.588. The number of aliphatic hydroxyl groups is 3. The van der Waals surface area contributed by atoms with Crippen LogP contribution in [0.3, 0.4) is 0 Å². The highest BCUT2D eigenvalue weighted by molar-refractivity contribution is 4.93. The maximum absolute atomic E-state index is 10.2. The van der Waals surface area contributed by atoms with Gasteiger partial charge in [0.2, 0.25) is 0 Å². The fourth-order valence-electron chi connectivity index (χ4n) is 1.60. The molecule has 3 heteroatoms. The molecule has 0 aliphatic carbocycles. The topological polar surface area (TPSA) is 60.7 Å². The molecule has 0 aromatic carbocycles. The Kier molecular flexibility index (Phi) is 4.13. The SMILES string of the molecule is CC([C@H](C)O)[C@](C)(O)C(C)C(C)(C)O. The molecule has 0 bridgehead atoms. The van der Waals surface area contributed by atoms with Crippen molar-refractivity contribution in [2.45, 2.75) is 58.8 Å². The fraction of sp³-hybridized carbons (Fsp3) is 1.00. The minimum absolute atomic E-state index is 0.274. The molecule has 0 saturated heterocycles. The van der Waals surface area contributed by atoms with Crippen molar-refractivity contribution in [3.05, 3.63) is 0 Å². The summed E-state index contributed by atoms with van der Waals surface area (Å²) >= 11 is 0. The van der Waals surface area contributed by atoms with Crippen LogP contribution in [0.15, 0.2) is 0 Å². The lowest BCUT2D eigenvalue weighted by Crippen LogP contribution is -2.52. The second kappa shape index (κ2) is 4.17. The van der Waals surface area contributed by atoms with Crippen LogP contribution in [-0.4, -0.2) is 32.6 Å². The molecule has 0 fully saturated rings. The van der Waals surface area contributed by atoms with Crippen LogP contribution >= 0.6 is 0 Å². The Morgan fingerprint density at radius 1 is 0.929 bits per heavy atom. The molecule has 0 radical (unpaired) electrons. The van der Waals surface area contributed by atoms with E-state index in [-0.39, 0.29) is 11.8 Å². The third-order valence-corrected chi connectivity index (χ3v) is 3.58. The highest BCUT2D eigenvalue weighted by Gasteiger charge is 2.43. The maximum Gasteiger partial charge on any atom is 0.0722 e. The van der Waals surface area contributed by atoms with E-state index in [1.807, 2.05) is 0 Å². The van der Waals surface area contributed by atoms with Crippen LogP contribution in [0.4, 0.5) is 0 Å². The van der Waals surface area contributed by atoms with E-state index in [9.17, 15) is 15.3 Å². The normalized spacial score (nSPS) is 23.8. The molecule has 0 amide bonds. The maximum atomic E-state index is 10.2. The van der Waals surface area contributed by atoms with Crippen LogP contribution in [0.25, 0.3) is 0 Å². The lowest BCUT2D eigenvalue weighted by Gasteiger charge is -2.42. The van der Waals surface area contributed by atoms with Gasteiger partial charge in [-0.3, -0.25) is 0 Å². The fourth-order valence-corrected chi connectivity index (χ4v) is 1.60. The Balaban J connectivity index is 4.77. The van der Waals surface area contributed by atoms with E-state index in [4.69, 9.17) is 0 Å². The lowest BCUT2D eigenvalue weighted by molar-refractivity contribution is -0.138.